The number of carbonyl (C=O) groups excluding carboxylic acids is 3. The second-order valence-corrected chi connectivity index (χ2v) is 9.35. The van der Waals surface area contributed by atoms with Gasteiger partial charge in [-0.05, 0) is 35.1 Å². The second-order valence-electron chi connectivity index (χ2n) is 6.86. The molecule has 0 bridgehead atoms. The minimum absolute atomic E-state index is 0.334. The Kier molecular flexibility index (Phi) is 5.44. The summed E-state index contributed by atoms with van der Waals surface area (Å²) in [5, 5.41) is 15.5. The zero-order valence-electron chi connectivity index (χ0n) is 16.3. The number of aromatic nitrogens is 2. The highest BCUT2D eigenvalue weighted by atomic mass is 32.2. The summed E-state index contributed by atoms with van der Waals surface area (Å²) in [5.41, 5.74) is -0.581. The molecule has 154 valence electrons. The number of hydrogen-bond donors (Lipinski definition) is 2. The van der Waals surface area contributed by atoms with Crippen molar-refractivity contribution in [2.24, 2.45) is 0 Å². The van der Waals surface area contributed by atoms with Gasteiger partial charge in [-0.1, -0.05) is 66.4 Å². The zero-order chi connectivity index (χ0) is 21.3. The summed E-state index contributed by atoms with van der Waals surface area (Å²) >= 11 is 2.77. The fourth-order valence-corrected chi connectivity index (χ4v) is 4.95. The van der Waals surface area contributed by atoms with Crippen LogP contribution in [0.3, 0.4) is 0 Å². The van der Waals surface area contributed by atoms with Crippen molar-refractivity contribution in [1.29, 1.82) is 0 Å². The first kappa shape index (κ1) is 20.3. The Bertz CT molecular complexity index is 1150. The molecule has 4 rings (SSSR count). The van der Waals surface area contributed by atoms with Crippen LogP contribution in [0.5, 0.6) is 0 Å². The Labute approximate surface area is 181 Å². The van der Waals surface area contributed by atoms with E-state index in [-0.39, 0.29) is 0 Å². The van der Waals surface area contributed by atoms with Crippen LogP contribution in [0.2, 0.25) is 0 Å². The van der Waals surface area contributed by atoms with Gasteiger partial charge in [0.05, 0.1) is 0 Å². The lowest BCUT2D eigenvalue weighted by molar-refractivity contribution is -0.133. The quantitative estimate of drug-likeness (QED) is 0.346. The molecule has 10 heteroatoms. The molecule has 0 spiro atoms. The molecule has 2 aromatic carbocycles. The number of anilines is 1. The van der Waals surface area contributed by atoms with E-state index in [0.29, 0.717) is 10.7 Å². The van der Waals surface area contributed by atoms with E-state index in [1.807, 2.05) is 49.4 Å². The van der Waals surface area contributed by atoms with Gasteiger partial charge in [0.25, 0.3) is 5.91 Å². The Morgan fingerprint density at radius 2 is 1.97 bits per heavy atom. The summed E-state index contributed by atoms with van der Waals surface area (Å²) in [6.45, 7) is 3.24. The Balaban J connectivity index is 1.50. The SMILES string of the molecule is CCSc1nnc(NC(=O)CN2C(=O)N[C@](C)(c3ccc4ccccc4c3)C2=O)s1. The summed E-state index contributed by atoms with van der Waals surface area (Å²) in [5.74, 6) is -0.138. The normalized spacial score (nSPS) is 18.7. The van der Waals surface area contributed by atoms with Crippen molar-refractivity contribution in [3.63, 3.8) is 0 Å². The van der Waals surface area contributed by atoms with Gasteiger partial charge in [0.1, 0.15) is 12.1 Å². The first-order chi connectivity index (χ1) is 14.4. The molecule has 3 aromatic rings. The third kappa shape index (κ3) is 3.75. The Hall–Kier alpha value is -2.98. The molecule has 1 atom stereocenters. The fourth-order valence-electron chi connectivity index (χ4n) is 3.28. The van der Waals surface area contributed by atoms with Crippen LogP contribution in [-0.4, -0.2) is 45.2 Å². The number of benzene rings is 2. The predicted octanol–water partition coefficient (Wildman–Crippen LogP) is 3.21. The number of hydrogen-bond acceptors (Lipinski definition) is 7. The molecule has 1 saturated heterocycles. The molecule has 1 fully saturated rings. The molecule has 0 saturated carbocycles. The van der Waals surface area contributed by atoms with E-state index in [0.717, 1.165) is 25.8 Å². The van der Waals surface area contributed by atoms with Gasteiger partial charge in [-0.3, -0.25) is 19.8 Å². The lowest BCUT2D eigenvalue weighted by atomic mass is 9.90. The maximum absolute atomic E-state index is 13.1. The molecule has 1 aliphatic rings. The van der Waals surface area contributed by atoms with Crippen LogP contribution in [0.15, 0.2) is 46.8 Å². The summed E-state index contributed by atoms with van der Waals surface area (Å²) in [6.07, 6.45) is 0. The van der Waals surface area contributed by atoms with Gasteiger partial charge in [-0.2, -0.15) is 0 Å². The Morgan fingerprint density at radius 3 is 2.73 bits per heavy atom. The van der Waals surface area contributed by atoms with Crippen LogP contribution in [0.25, 0.3) is 10.8 Å². The number of urea groups is 1. The molecule has 4 amide bonds. The highest BCUT2D eigenvalue weighted by Crippen LogP contribution is 2.31. The number of nitrogens with zero attached hydrogens (tertiary/aromatic N) is 3. The van der Waals surface area contributed by atoms with Gasteiger partial charge in [-0.15, -0.1) is 10.2 Å². The van der Waals surface area contributed by atoms with E-state index >= 15 is 0 Å². The number of thioether (sulfide) groups is 1. The van der Waals surface area contributed by atoms with Gasteiger partial charge in [0.2, 0.25) is 11.0 Å². The number of fused-ring (bicyclic) bond motifs is 1. The maximum atomic E-state index is 13.1. The van der Waals surface area contributed by atoms with Crippen molar-refractivity contribution in [3.8, 4) is 0 Å². The summed E-state index contributed by atoms with van der Waals surface area (Å²) in [6, 6.07) is 12.8. The maximum Gasteiger partial charge on any atom is 0.325 e. The van der Waals surface area contributed by atoms with Crippen molar-refractivity contribution in [2.75, 3.05) is 17.6 Å². The molecule has 2 heterocycles. The van der Waals surface area contributed by atoms with Crippen molar-refractivity contribution in [2.45, 2.75) is 23.7 Å². The second kappa shape index (κ2) is 8.04. The third-order valence-corrected chi connectivity index (χ3v) is 6.68. The van der Waals surface area contributed by atoms with Crippen LogP contribution >= 0.6 is 23.1 Å². The fraction of sp³-hybridized carbons (Fsp3) is 0.250. The van der Waals surface area contributed by atoms with Gasteiger partial charge < -0.3 is 5.32 Å². The molecular weight excluding hydrogens is 422 g/mol. The number of rotatable bonds is 6. The average molecular weight is 442 g/mol. The number of imide groups is 1. The third-order valence-electron chi connectivity index (χ3n) is 4.82. The van der Waals surface area contributed by atoms with Crippen molar-refractivity contribution < 1.29 is 14.4 Å². The number of carbonyl (C=O) groups is 3. The predicted molar refractivity (Wildman–Crippen MR) is 116 cm³/mol. The first-order valence-electron chi connectivity index (χ1n) is 9.30. The molecule has 0 unspecified atom stereocenters. The van der Waals surface area contributed by atoms with Crippen LogP contribution < -0.4 is 10.6 Å². The van der Waals surface area contributed by atoms with E-state index < -0.39 is 29.9 Å². The molecule has 0 aliphatic carbocycles. The standard InChI is InChI=1S/C20H19N5O3S2/c1-3-29-19-24-23-17(30-19)21-15(26)11-25-16(27)20(2,22-18(25)28)14-9-8-12-6-4-5-7-13(12)10-14/h4-10H,3,11H2,1-2H3,(H,22,28)(H,21,23,26)/t20-/m1/s1. The van der Waals surface area contributed by atoms with Crippen molar-refractivity contribution in [1.82, 2.24) is 20.4 Å². The Morgan fingerprint density at radius 1 is 1.20 bits per heavy atom. The van der Waals surface area contributed by atoms with Crippen LogP contribution in [0, 0.1) is 0 Å². The molecule has 30 heavy (non-hydrogen) atoms. The minimum atomic E-state index is -1.24. The van der Waals surface area contributed by atoms with Gasteiger partial charge in [0.15, 0.2) is 4.34 Å². The van der Waals surface area contributed by atoms with Crippen LogP contribution in [0.1, 0.15) is 19.4 Å². The van der Waals surface area contributed by atoms with Gasteiger partial charge in [0, 0.05) is 0 Å². The highest BCUT2D eigenvalue weighted by molar-refractivity contribution is 8.01. The highest BCUT2D eigenvalue weighted by Gasteiger charge is 2.49. The minimum Gasteiger partial charge on any atom is -0.319 e. The molecule has 1 aromatic heterocycles. The smallest absolute Gasteiger partial charge is 0.319 e. The van der Waals surface area contributed by atoms with Crippen LogP contribution in [0.4, 0.5) is 9.93 Å². The van der Waals surface area contributed by atoms with Crippen molar-refractivity contribution >= 4 is 56.8 Å². The number of amides is 4. The van der Waals surface area contributed by atoms with Crippen LogP contribution in [-0.2, 0) is 15.1 Å². The molecule has 8 nitrogen and oxygen atoms in total. The number of nitrogens with one attached hydrogen (secondary N) is 2. The van der Waals surface area contributed by atoms with E-state index in [2.05, 4.69) is 20.8 Å². The average Bonchev–Trinajstić information content (AvgIpc) is 3.25. The van der Waals surface area contributed by atoms with E-state index in [4.69, 9.17) is 0 Å². The molecule has 0 radical (unpaired) electrons. The molecular formula is C20H19N5O3S2. The lowest BCUT2D eigenvalue weighted by Gasteiger charge is -2.22. The largest absolute Gasteiger partial charge is 0.325 e. The van der Waals surface area contributed by atoms with E-state index in [1.54, 1.807) is 6.92 Å². The monoisotopic (exact) mass is 441 g/mol. The molecule has 2 N–H and O–H groups in total. The summed E-state index contributed by atoms with van der Waals surface area (Å²) in [7, 11) is 0. The lowest BCUT2D eigenvalue weighted by Crippen LogP contribution is -2.42. The van der Waals surface area contributed by atoms with E-state index in [1.165, 1.54) is 23.1 Å². The van der Waals surface area contributed by atoms with Crippen molar-refractivity contribution in [3.05, 3.63) is 48.0 Å². The topological polar surface area (TPSA) is 104 Å². The van der Waals surface area contributed by atoms with Gasteiger partial charge in [-0.25, -0.2) is 4.79 Å². The van der Waals surface area contributed by atoms with E-state index in [9.17, 15) is 14.4 Å². The first-order valence-corrected chi connectivity index (χ1v) is 11.1. The summed E-state index contributed by atoms with van der Waals surface area (Å²) < 4.78 is 0.742. The summed E-state index contributed by atoms with van der Waals surface area (Å²) in [4.78, 5) is 38.9. The zero-order valence-corrected chi connectivity index (χ0v) is 18.0. The molecule has 1 aliphatic heterocycles. The van der Waals surface area contributed by atoms with Gasteiger partial charge >= 0.3 is 6.03 Å².